The van der Waals surface area contributed by atoms with Crippen molar-refractivity contribution in [3.8, 4) is 6.07 Å². The van der Waals surface area contributed by atoms with Gasteiger partial charge in [0, 0.05) is 23.3 Å². The number of hydrogen-bond acceptors (Lipinski definition) is 5. The highest BCUT2D eigenvalue weighted by Gasteiger charge is 2.15. The van der Waals surface area contributed by atoms with E-state index >= 15 is 0 Å². The molecule has 0 amide bonds. The molecule has 1 rings (SSSR count). The van der Waals surface area contributed by atoms with E-state index in [1.165, 1.54) is 12.3 Å². The average molecular weight is 283 g/mol. The number of halogens is 1. The van der Waals surface area contributed by atoms with Crippen LogP contribution in [0, 0.1) is 21.4 Å². The zero-order chi connectivity index (χ0) is 12.1. The summed E-state index contributed by atoms with van der Waals surface area (Å²) < 4.78 is 0.646. The zero-order valence-electron chi connectivity index (χ0n) is 8.11. The van der Waals surface area contributed by atoms with E-state index < -0.39 is 4.92 Å². The van der Waals surface area contributed by atoms with Crippen LogP contribution in [0.3, 0.4) is 0 Å². The minimum Gasteiger partial charge on any atom is -0.360 e. The molecule has 0 saturated heterocycles. The number of nitro groups is 1. The molecule has 0 fully saturated rings. The van der Waals surface area contributed by atoms with E-state index in [0.717, 1.165) is 0 Å². The van der Waals surface area contributed by atoms with Gasteiger partial charge >= 0.3 is 5.69 Å². The van der Waals surface area contributed by atoms with Crippen LogP contribution in [0.5, 0.6) is 0 Å². The van der Waals surface area contributed by atoms with Gasteiger partial charge in [-0.3, -0.25) is 10.1 Å². The summed E-state index contributed by atoms with van der Waals surface area (Å²) in [6.07, 6.45) is 1.27. The molecule has 82 valence electrons. The Balaban J connectivity index is 3.04. The predicted molar refractivity (Wildman–Crippen MR) is 62.2 cm³/mol. The lowest BCUT2D eigenvalue weighted by Crippen LogP contribution is -2.06. The Hall–Kier alpha value is -1.94. The fourth-order valence-corrected chi connectivity index (χ4v) is 1.11. The first kappa shape index (κ1) is 12.1. The third-order valence-corrected chi connectivity index (χ3v) is 1.92. The summed E-state index contributed by atoms with van der Waals surface area (Å²) in [7, 11) is 0. The summed E-state index contributed by atoms with van der Waals surface area (Å²) in [5, 5.41) is 22.1. The molecule has 7 heteroatoms. The number of pyridine rings is 1. The quantitative estimate of drug-likeness (QED) is 0.675. The molecule has 0 bridgehead atoms. The second-order valence-corrected chi connectivity index (χ2v) is 3.95. The van der Waals surface area contributed by atoms with E-state index in [0.29, 0.717) is 11.0 Å². The summed E-state index contributed by atoms with van der Waals surface area (Å²) in [5.74, 6) is 0.115. The van der Waals surface area contributed by atoms with Crippen LogP contribution < -0.4 is 5.32 Å². The highest BCUT2D eigenvalue weighted by molar-refractivity contribution is 9.11. The van der Waals surface area contributed by atoms with Crippen LogP contribution in [0.15, 0.2) is 23.3 Å². The molecule has 1 aromatic rings. The highest BCUT2D eigenvalue weighted by atomic mass is 79.9. The number of aromatic nitrogens is 1. The maximum absolute atomic E-state index is 10.7. The van der Waals surface area contributed by atoms with E-state index in [4.69, 9.17) is 5.26 Å². The monoisotopic (exact) mass is 282 g/mol. The molecular formula is C9H7BrN4O2. The molecule has 0 atom stereocenters. The van der Waals surface area contributed by atoms with E-state index in [9.17, 15) is 10.1 Å². The SMILES string of the molecule is C=C(Br)CNc1ncc(C#N)cc1[N+](=O)[O-]. The Morgan fingerprint density at radius 1 is 1.81 bits per heavy atom. The van der Waals surface area contributed by atoms with Gasteiger partial charge in [-0.05, 0) is 0 Å². The van der Waals surface area contributed by atoms with Gasteiger partial charge < -0.3 is 5.32 Å². The number of rotatable bonds is 4. The summed E-state index contributed by atoms with van der Waals surface area (Å²) in [5.41, 5.74) is -0.0808. The van der Waals surface area contributed by atoms with Gasteiger partial charge in [0.05, 0.1) is 10.5 Å². The highest BCUT2D eigenvalue weighted by Crippen LogP contribution is 2.22. The number of nitrogens with zero attached hydrogens (tertiary/aromatic N) is 3. The van der Waals surface area contributed by atoms with Crippen molar-refractivity contribution in [1.29, 1.82) is 5.26 Å². The van der Waals surface area contributed by atoms with Gasteiger partial charge in [-0.15, -0.1) is 0 Å². The van der Waals surface area contributed by atoms with Crippen LogP contribution in [0.2, 0.25) is 0 Å². The van der Waals surface area contributed by atoms with Crippen molar-refractivity contribution in [2.75, 3.05) is 11.9 Å². The van der Waals surface area contributed by atoms with Crippen LogP contribution in [0.25, 0.3) is 0 Å². The topological polar surface area (TPSA) is 91.8 Å². The standard InChI is InChI=1S/C9H7BrN4O2/c1-6(10)4-12-9-8(14(15)16)2-7(3-11)5-13-9/h2,5H,1,4H2,(H,12,13). The van der Waals surface area contributed by atoms with E-state index in [2.05, 4.69) is 32.8 Å². The minimum absolute atomic E-state index is 0.115. The van der Waals surface area contributed by atoms with Gasteiger partial charge in [0.1, 0.15) is 6.07 Å². The lowest BCUT2D eigenvalue weighted by Gasteiger charge is -2.04. The summed E-state index contributed by atoms with van der Waals surface area (Å²) in [6.45, 7) is 3.90. The van der Waals surface area contributed by atoms with Crippen molar-refractivity contribution >= 4 is 27.4 Å². The molecule has 16 heavy (non-hydrogen) atoms. The summed E-state index contributed by atoms with van der Waals surface area (Å²) >= 11 is 3.11. The second kappa shape index (κ2) is 5.23. The van der Waals surface area contributed by atoms with Gasteiger partial charge in [0.25, 0.3) is 0 Å². The maximum Gasteiger partial charge on any atom is 0.312 e. The first-order valence-corrected chi connectivity index (χ1v) is 4.95. The molecule has 0 aliphatic carbocycles. The minimum atomic E-state index is -0.590. The number of nitrogens with one attached hydrogen (secondary N) is 1. The smallest absolute Gasteiger partial charge is 0.312 e. The predicted octanol–water partition coefficient (Wildman–Crippen LogP) is 2.18. The second-order valence-electron chi connectivity index (χ2n) is 2.83. The van der Waals surface area contributed by atoms with Gasteiger partial charge in [-0.2, -0.15) is 5.26 Å². The van der Waals surface area contributed by atoms with Crippen molar-refractivity contribution in [2.24, 2.45) is 0 Å². The van der Waals surface area contributed by atoms with Crippen LogP contribution in [-0.4, -0.2) is 16.5 Å². The largest absolute Gasteiger partial charge is 0.360 e. The molecule has 0 saturated carbocycles. The fourth-order valence-electron chi connectivity index (χ4n) is 0.969. The Morgan fingerprint density at radius 3 is 3.00 bits per heavy atom. The third kappa shape index (κ3) is 3.03. The molecule has 1 heterocycles. The summed E-state index contributed by atoms with van der Waals surface area (Å²) in [6, 6.07) is 2.97. The molecule has 1 N–H and O–H groups in total. The molecule has 1 aromatic heterocycles. The van der Waals surface area contributed by atoms with Crippen LogP contribution >= 0.6 is 15.9 Å². The van der Waals surface area contributed by atoms with Crippen LogP contribution in [0.4, 0.5) is 11.5 Å². The zero-order valence-corrected chi connectivity index (χ0v) is 9.69. The number of hydrogen-bond donors (Lipinski definition) is 1. The van der Waals surface area contributed by atoms with E-state index in [1.807, 2.05) is 0 Å². The Kier molecular flexibility index (Phi) is 3.96. The normalized spacial score (nSPS) is 9.25. The van der Waals surface area contributed by atoms with Crippen molar-refractivity contribution in [2.45, 2.75) is 0 Å². The lowest BCUT2D eigenvalue weighted by atomic mass is 10.3. The molecule has 0 spiro atoms. The van der Waals surface area contributed by atoms with E-state index in [1.54, 1.807) is 6.07 Å². The lowest BCUT2D eigenvalue weighted by molar-refractivity contribution is -0.384. The first-order chi connectivity index (χ1) is 7.54. The molecule has 6 nitrogen and oxygen atoms in total. The fraction of sp³-hybridized carbons (Fsp3) is 0.111. The summed E-state index contributed by atoms with van der Waals surface area (Å²) in [4.78, 5) is 13.9. The first-order valence-electron chi connectivity index (χ1n) is 4.16. The van der Waals surface area contributed by atoms with Gasteiger partial charge in [-0.1, -0.05) is 22.5 Å². The van der Waals surface area contributed by atoms with Crippen molar-refractivity contribution < 1.29 is 4.92 Å². The van der Waals surface area contributed by atoms with Gasteiger partial charge in [0.2, 0.25) is 5.82 Å². The van der Waals surface area contributed by atoms with Crippen LogP contribution in [0.1, 0.15) is 5.56 Å². The average Bonchev–Trinajstić information content (AvgIpc) is 2.25. The van der Waals surface area contributed by atoms with Crippen LogP contribution in [-0.2, 0) is 0 Å². The molecule has 0 aliphatic heterocycles. The van der Waals surface area contributed by atoms with Crippen molar-refractivity contribution in [3.05, 3.63) is 39.0 Å². The molecule has 0 unspecified atom stereocenters. The Bertz CT molecular complexity index is 481. The maximum atomic E-state index is 10.7. The molecule has 0 aliphatic rings. The van der Waals surface area contributed by atoms with Crippen molar-refractivity contribution in [1.82, 2.24) is 4.98 Å². The third-order valence-electron chi connectivity index (χ3n) is 1.64. The van der Waals surface area contributed by atoms with Gasteiger partial charge in [0.15, 0.2) is 0 Å². The van der Waals surface area contributed by atoms with E-state index in [-0.39, 0.29) is 17.1 Å². The Labute approximate surface area is 99.9 Å². The van der Waals surface area contributed by atoms with Crippen molar-refractivity contribution in [3.63, 3.8) is 0 Å². The Morgan fingerprint density at radius 2 is 2.50 bits per heavy atom. The number of nitriles is 1. The molecule has 0 radical (unpaired) electrons. The number of anilines is 1. The van der Waals surface area contributed by atoms with Gasteiger partial charge in [-0.25, -0.2) is 4.98 Å². The molecule has 0 aromatic carbocycles. The molecular weight excluding hydrogens is 276 g/mol.